The van der Waals surface area contributed by atoms with E-state index in [2.05, 4.69) is 15.0 Å². The molecule has 0 unspecified atom stereocenters. The highest BCUT2D eigenvalue weighted by Gasteiger charge is 2.20. The van der Waals surface area contributed by atoms with Gasteiger partial charge in [-0.3, -0.25) is 4.57 Å². The Morgan fingerprint density at radius 1 is 1.10 bits per heavy atom. The number of ether oxygens (including phenoxy) is 1. The maximum Gasteiger partial charge on any atom is 0.318 e. The second-order valence-corrected chi connectivity index (χ2v) is 4.97. The molecule has 3 aromatic rings. The minimum atomic E-state index is 0.282. The van der Waals surface area contributed by atoms with Crippen LogP contribution < -0.4 is 4.74 Å². The summed E-state index contributed by atoms with van der Waals surface area (Å²) in [5.41, 5.74) is 1.98. The maximum atomic E-state index is 5.75. The lowest BCUT2D eigenvalue weighted by atomic mass is 9.96. The van der Waals surface area contributed by atoms with Gasteiger partial charge >= 0.3 is 6.01 Å². The Morgan fingerprint density at radius 2 is 2.00 bits per heavy atom. The molecule has 0 aliphatic heterocycles. The number of nitrogens with zero attached hydrogens (tertiary/aromatic N) is 4. The minimum absolute atomic E-state index is 0.282. The Morgan fingerprint density at radius 3 is 2.85 bits per heavy atom. The molecule has 5 nitrogen and oxygen atoms in total. The lowest BCUT2D eigenvalue weighted by Gasteiger charge is -2.25. The number of hydrogen-bond donors (Lipinski definition) is 0. The number of para-hydroxylation sites is 2. The zero-order chi connectivity index (χ0) is 13.4. The molecule has 5 heteroatoms. The molecule has 0 amide bonds. The van der Waals surface area contributed by atoms with Crippen molar-refractivity contribution in [3.8, 4) is 11.8 Å². The highest BCUT2D eigenvalue weighted by atomic mass is 16.5. The van der Waals surface area contributed by atoms with Gasteiger partial charge in [-0.25, -0.2) is 9.97 Å². The third kappa shape index (κ3) is 1.91. The maximum absolute atomic E-state index is 5.75. The summed E-state index contributed by atoms with van der Waals surface area (Å²) in [4.78, 5) is 13.0. The van der Waals surface area contributed by atoms with Crippen molar-refractivity contribution in [1.29, 1.82) is 0 Å². The average Bonchev–Trinajstić information content (AvgIpc) is 2.87. The van der Waals surface area contributed by atoms with E-state index in [1.807, 2.05) is 34.9 Å². The van der Waals surface area contributed by atoms with Crippen molar-refractivity contribution in [1.82, 2.24) is 19.5 Å². The van der Waals surface area contributed by atoms with Crippen LogP contribution in [0.4, 0.5) is 0 Å². The molecule has 1 fully saturated rings. The van der Waals surface area contributed by atoms with Gasteiger partial charge in [-0.05, 0) is 31.4 Å². The van der Waals surface area contributed by atoms with Gasteiger partial charge in [0, 0.05) is 12.3 Å². The number of benzene rings is 1. The molecule has 0 N–H and O–H groups in total. The van der Waals surface area contributed by atoms with Crippen molar-refractivity contribution in [3.05, 3.63) is 42.9 Å². The number of hydrogen-bond acceptors (Lipinski definition) is 4. The van der Waals surface area contributed by atoms with Crippen molar-refractivity contribution in [3.63, 3.8) is 0 Å². The molecule has 1 aliphatic rings. The molecule has 0 atom stereocenters. The summed E-state index contributed by atoms with van der Waals surface area (Å²) in [6.07, 6.45) is 7.22. The molecule has 2 heterocycles. The van der Waals surface area contributed by atoms with E-state index >= 15 is 0 Å². The van der Waals surface area contributed by atoms with Crippen molar-refractivity contribution in [2.75, 3.05) is 0 Å². The molecule has 0 bridgehead atoms. The summed E-state index contributed by atoms with van der Waals surface area (Å²) < 4.78 is 7.69. The summed E-state index contributed by atoms with van der Waals surface area (Å²) in [6, 6.07) is 10.3. The number of imidazole rings is 1. The smallest absolute Gasteiger partial charge is 0.318 e. The topological polar surface area (TPSA) is 52.8 Å². The SMILES string of the molecule is c1ccc2c(c1)ncn2-c1ccnc(OC2CCC2)n1. The van der Waals surface area contributed by atoms with Gasteiger partial charge in [0.15, 0.2) is 0 Å². The zero-order valence-corrected chi connectivity index (χ0v) is 10.9. The Bertz CT molecular complexity index is 748. The predicted molar refractivity (Wildman–Crippen MR) is 74.9 cm³/mol. The summed E-state index contributed by atoms with van der Waals surface area (Å²) in [7, 11) is 0. The second kappa shape index (κ2) is 4.59. The minimum Gasteiger partial charge on any atom is -0.460 e. The zero-order valence-electron chi connectivity index (χ0n) is 10.9. The van der Waals surface area contributed by atoms with Gasteiger partial charge in [0.05, 0.1) is 11.0 Å². The largest absolute Gasteiger partial charge is 0.460 e. The van der Waals surface area contributed by atoms with Crippen LogP contribution >= 0.6 is 0 Å². The quantitative estimate of drug-likeness (QED) is 0.731. The lowest BCUT2D eigenvalue weighted by Crippen LogP contribution is -2.25. The third-order valence-electron chi connectivity index (χ3n) is 3.64. The number of aromatic nitrogens is 4. The highest BCUT2D eigenvalue weighted by Crippen LogP contribution is 2.23. The van der Waals surface area contributed by atoms with Gasteiger partial charge in [-0.15, -0.1) is 0 Å². The molecule has 100 valence electrons. The van der Waals surface area contributed by atoms with E-state index in [0.717, 1.165) is 29.7 Å². The average molecular weight is 266 g/mol. The highest BCUT2D eigenvalue weighted by molar-refractivity contribution is 5.76. The van der Waals surface area contributed by atoms with Crippen LogP contribution in [0.15, 0.2) is 42.9 Å². The van der Waals surface area contributed by atoms with E-state index < -0.39 is 0 Å². The molecule has 0 spiro atoms. The van der Waals surface area contributed by atoms with Crippen molar-refractivity contribution >= 4 is 11.0 Å². The van der Waals surface area contributed by atoms with E-state index in [4.69, 9.17) is 4.74 Å². The Balaban J connectivity index is 1.72. The Labute approximate surface area is 116 Å². The lowest BCUT2D eigenvalue weighted by molar-refractivity contribution is 0.108. The van der Waals surface area contributed by atoms with E-state index in [0.29, 0.717) is 6.01 Å². The first-order chi connectivity index (χ1) is 9.90. The molecule has 4 rings (SSSR count). The molecular weight excluding hydrogens is 252 g/mol. The van der Waals surface area contributed by atoms with Gasteiger partial charge in [0.1, 0.15) is 18.2 Å². The van der Waals surface area contributed by atoms with Gasteiger partial charge in [-0.2, -0.15) is 4.98 Å². The van der Waals surface area contributed by atoms with Crippen molar-refractivity contribution < 1.29 is 4.74 Å². The van der Waals surface area contributed by atoms with Crippen LogP contribution in [0.3, 0.4) is 0 Å². The van der Waals surface area contributed by atoms with Gasteiger partial charge in [-0.1, -0.05) is 12.1 Å². The van der Waals surface area contributed by atoms with Crippen LogP contribution in [0.1, 0.15) is 19.3 Å². The van der Waals surface area contributed by atoms with Gasteiger partial charge in [0.2, 0.25) is 0 Å². The Hall–Kier alpha value is -2.43. The molecular formula is C15H14N4O. The van der Waals surface area contributed by atoms with Crippen LogP contribution in [0.5, 0.6) is 6.01 Å². The fourth-order valence-corrected chi connectivity index (χ4v) is 2.30. The number of rotatable bonds is 3. The predicted octanol–water partition coefficient (Wildman–Crippen LogP) is 2.75. The summed E-state index contributed by atoms with van der Waals surface area (Å²) in [5, 5.41) is 0. The van der Waals surface area contributed by atoms with E-state index in [1.165, 1.54) is 6.42 Å². The van der Waals surface area contributed by atoms with Crippen LogP contribution in [0, 0.1) is 0 Å². The molecule has 20 heavy (non-hydrogen) atoms. The number of fused-ring (bicyclic) bond motifs is 1. The van der Waals surface area contributed by atoms with E-state index in [1.54, 1.807) is 12.5 Å². The van der Waals surface area contributed by atoms with Crippen LogP contribution in [-0.4, -0.2) is 25.6 Å². The van der Waals surface area contributed by atoms with Crippen LogP contribution in [-0.2, 0) is 0 Å². The summed E-state index contributed by atoms with van der Waals surface area (Å²) >= 11 is 0. The summed E-state index contributed by atoms with van der Waals surface area (Å²) in [5.74, 6) is 0.781. The summed E-state index contributed by atoms with van der Waals surface area (Å²) in [6.45, 7) is 0. The van der Waals surface area contributed by atoms with Crippen molar-refractivity contribution in [2.45, 2.75) is 25.4 Å². The monoisotopic (exact) mass is 266 g/mol. The second-order valence-electron chi connectivity index (χ2n) is 4.97. The Kier molecular flexibility index (Phi) is 2.62. The van der Waals surface area contributed by atoms with Crippen LogP contribution in [0.25, 0.3) is 16.9 Å². The molecule has 1 aliphatic carbocycles. The first-order valence-electron chi connectivity index (χ1n) is 6.82. The van der Waals surface area contributed by atoms with Crippen molar-refractivity contribution in [2.24, 2.45) is 0 Å². The molecule has 1 aromatic carbocycles. The normalized spacial score (nSPS) is 15.2. The standard InChI is InChI=1S/C15H14N4O/c1-2-7-13-12(6-1)17-10-19(13)14-8-9-16-15(18-14)20-11-4-3-5-11/h1-2,6-11H,3-5H2. The molecule has 2 aromatic heterocycles. The van der Waals surface area contributed by atoms with E-state index in [-0.39, 0.29) is 6.10 Å². The fraction of sp³-hybridized carbons (Fsp3) is 0.267. The van der Waals surface area contributed by atoms with Gasteiger partial charge < -0.3 is 4.74 Å². The molecule has 0 radical (unpaired) electrons. The molecule has 1 saturated carbocycles. The van der Waals surface area contributed by atoms with E-state index in [9.17, 15) is 0 Å². The van der Waals surface area contributed by atoms with Gasteiger partial charge in [0.25, 0.3) is 0 Å². The fourth-order valence-electron chi connectivity index (χ4n) is 2.30. The third-order valence-corrected chi connectivity index (χ3v) is 3.64. The first-order valence-corrected chi connectivity index (χ1v) is 6.82. The van der Waals surface area contributed by atoms with Crippen LogP contribution in [0.2, 0.25) is 0 Å². The first kappa shape index (κ1) is 11.4. The molecule has 0 saturated heterocycles.